The zero-order valence-electron chi connectivity index (χ0n) is 12.4. The minimum Gasteiger partial charge on any atom is -0.495 e. The molecule has 2 rings (SSSR count). The lowest BCUT2D eigenvalue weighted by atomic mass is 9.64. The summed E-state index contributed by atoms with van der Waals surface area (Å²) in [5.41, 5.74) is 1.37. The largest absolute Gasteiger partial charge is 0.495 e. The molecule has 5 heteroatoms. The number of ether oxygens (including phenoxy) is 1. The second kappa shape index (κ2) is 5.32. The van der Waals surface area contributed by atoms with Crippen molar-refractivity contribution in [3.8, 4) is 5.75 Å². The number of carbonyl (C=O) groups is 1. The van der Waals surface area contributed by atoms with E-state index >= 15 is 0 Å². The van der Waals surface area contributed by atoms with E-state index in [1.807, 2.05) is 26.0 Å². The predicted octanol–water partition coefficient (Wildman–Crippen LogP) is 2.22. The summed E-state index contributed by atoms with van der Waals surface area (Å²) in [4.78, 5) is 11.1. The smallest absolute Gasteiger partial charge is 0.221 e. The third-order valence-electron chi connectivity index (χ3n) is 4.07. The molecule has 20 heavy (non-hydrogen) atoms. The number of methoxy groups -OCH3 is 1. The first-order valence-electron chi connectivity index (χ1n) is 6.75. The number of aliphatic hydroxyl groups excluding tert-OH is 1. The topological polar surface area (TPSA) is 70.6 Å². The first-order valence-corrected chi connectivity index (χ1v) is 6.75. The Kier molecular flexibility index (Phi) is 3.90. The Morgan fingerprint density at radius 2 is 2.15 bits per heavy atom. The highest BCUT2D eigenvalue weighted by Crippen LogP contribution is 2.43. The van der Waals surface area contributed by atoms with Gasteiger partial charge in [0, 0.05) is 24.1 Å². The Morgan fingerprint density at radius 3 is 2.65 bits per heavy atom. The van der Waals surface area contributed by atoms with Crippen LogP contribution in [0.1, 0.15) is 27.2 Å². The van der Waals surface area contributed by atoms with Crippen LogP contribution in [0, 0.1) is 5.41 Å². The molecule has 0 spiro atoms. The van der Waals surface area contributed by atoms with Gasteiger partial charge >= 0.3 is 0 Å². The van der Waals surface area contributed by atoms with Crippen LogP contribution < -0.4 is 15.4 Å². The van der Waals surface area contributed by atoms with Crippen molar-refractivity contribution in [3.63, 3.8) is 0 Å². The number of nitrogens with one attached hydrogen (secondary N) is 2. The summed E-state index contributed by atoms with van der Waals surface area (Å²) < 4.78 is 5.33. The van der Waals surface area contributed by atoms with Crippen LogP contribution in [0.15, 0.2) is 18.2 Å². The van der Waals surface area contributed by atoms with E-state index < -0.39 is 0 Å². The van der Waals surface area contributed by atoms with Crippen LogP contribution in [0.5, 0.6) is 5.75 Å². The van der Waals surface area contributed by atoms with Gasteiger partial charge in [0.15, 0.2) is 0 Å². The van der Waals surface area contributed by atoms with Crippen LogP contribution in [-0.2, 0) is 4.79 Å². The Labute approximate surface area is 119 Å². The fraction of sp³-hybridized carbons (Fsp3) is 0.533. The highest BCUT2D eigenvalue weighted by molar-refractivity contribution is 5.89. The second-order valence-electron chi connectivity index (χ2n) is 5.87. The van der Waals surface area contributed by atoms with Crippen molar-refractivity contribution in [2.24, 2.45) is 5.41 Å². The van der Waals surface area contributed by atoms with Crippen LogP contribution in [0.25, 0.3) is 0 Å². The summed E-state index contributed by atoms with van der Waals surface area (Å²) in [5, 5.41) is 15.9. The van der Waals surface area contributed by atoms with Crippen molar-refractivity contribution >= 4 is 17.3 Å². The monoisotopic (exact) mass is 278 g/mol. The fourth-order valence-corrected chi connectivity index (χ4v) is 2.44. The molecule has 0 radical (unpaired) electrons. The first kappa shape index (κ1) is 14.7. The van der Waals surface area contributed by atoms with Gasteiger partial charge in [-0.25, -0.2) is 0 Å². The molecule has 0 bridgehead atoms. The van der Waals surface area contributed by atoms with Crippen molar-refractivity contribution in [1.82, 2.24) is 0 Å². The molecule has 1 aliphatic carbocycles. The van der Waals surface area contributed by atoms with Crippen molar-refractivity contribution < 1.29 is 14.6 Å². The van der Waals surface area contributed by atoms with Gasteiger partial charge in [0.25, 0.3) is 0 Å². The van der Waals surface area contributed by atoms with E-state index in [1.54, 1.807) is 13.2 Å². The molecular formula is C15H22N2O3. The molecule has 2 atom stereocenters. The van der Waals surface area contributed by atoms with Crippen LogP contribution >= 0.6 is 0 Å². The number of hydrogen-bond donors (Lipinski definition) is 3. The molecule has 3 N–H and O–H groups in total. The number of rotatable bonds is 4. The van der Waals surface area contributed by atoms with Crippen LogP contribution in [0.4, 0.5) is 11.4 Å². The molecule has 1 aliphatic rings. The molecular weight excluding hydrogens is 256 g/mol. The quantitative estimate of drug-likeness (QED) is 0.790. The lowest BCUT2D eigenvalue weighted by molar-refractivity contribution is -0.114. The van der Waals surface area contributed by atoms with Gasteiger partial charge in [-0.1, -0.05) is 13.8 Å². The molecule has 1 aromatic rings. The van der Waals surface area contributed by atoms with Gasteiger partial charge in [-0.2, -0.15) is 0 Å². The average molecular weight is 278 g/mol. The zero-order valence-corrected chi connectivity index (χ0v) is 12.4. The van der Waals surface area contributed by atoms with Gasteiger partial charge in [0.1, 0.15) is 5.75 Å². The van der Waals surface area contributed by atoms with E-state index in [-0.39, 0.29) is 23.5 Å². The minimum absolute atomic E-state index is 0.111. The third kappa shape index (κ3) is 2.72. The number of carbonyl (C=O) groups excluding carboxylic acids is 1. The molecule has 2 unspecified atom stereocenters. The summed E-state index contributed by atoms with van der Waals surface area (Å²) in [5.74, 6) is 0.608. The average Bonchev–Trinajstić information content (AvgIpc) is 2.38. The summed E-state index contributed by atoms with van der Waals surface area (Å²) >= 11 is 0. The van der Waals surface area contributed by atoms with Crippen molar-refractivity contribution in [2.75, 3.05) is 17.7 Å². The Morgan fingerprint density at radius 1 is 1.45 bits per heavy atom. The van der Waals surface area contributed by atoms with Crippen molar-refractivity contribution in [1.29, 1.82) is 0 Å². The van der Waals surface area contributed by atoms with E-state index in [0.717, 1.165) is 17.1 Å². The van der Waals surface area contributed by atoms with Gasteiger partial charge < -0.3 is 20.5 Å². The number of anilines is 2. The maximum Gasteiger partial charge on any atom is 0.221 e. The second-order valence-corrected chi connectivity index (χ2v) is 5.87. The summed E-state index contributed by atoms with van der Waals surface area (Å²) in [7, 11) is 1.61. The maximum atomic E-state index is 11.1. The SMILES string of the molecule is COc1ccc(NC(C)=O)cc1NC1CC(O)C1(C)C. The van der Waals surface area contributed by atoms with Gasteiger partial charge in [-0.15, -0.1) is 0 Å². The van der Waals surface area contributed by atoms with Crippen LogP contribution in [-0.4, -0.2) is 30.3 Å². The molecule has 0 heterocycles. The van der Waals surface area contributed by atoms with Gasteiger partial charge in [-0.05, 0) is 24.6 Å². The maximum absolute atomic E-state index is 11.1. The highest BCUT2D eigenvalue weighted by Gasteiger charge is 2.47. The van der Waals surface area contributed by atoms with Gasteiger partial charge in [0.2, 0.25) is 5.91 Å². The van der Waals surface area contributed by atoms with Crippen molar-refractivity contribution in [3.05, 3.63) is 18.2 Å². The molecule has 1 aromatic carbocycles. The third-order valence-corrected chi connectivity index (χ3v) is 4.07. The Bertz CT molecular complexity index is 514. The van der Waals surface area contributed by atoms with E-state index in [1.165, 1.54) is 6.92 Å². The molecule has 0 aromatic heterocycles. The molecule has 0 saturated heterocycles. The molecule has 0 aliphatic heterocycles. The number of benzene rings is 1. The molecule has 1 saturated carbocycles. The summed E-state index contributed by atoms with van der Waals surface area (Å²) in [6, 6.07) is 5.64. The van der Waals surface area contributed by atoms with Crippen LogP contribution in [0.2, 0.25) is 0 Å². The lowest BCUT2D eigenvalue weighted by Crippen LogP contribution is -2.56. The molecule has 1 amide bonds. The Hall–Kier alpha value is -1.75. The number of amides is 1. The van der Waals surface area contributed by atoms with Crippen molar-refractivity contribution in [2.45, 2.75) is 39.3 Å². The minimum atomic E-state index is -0.287. The molecule has 1 fully saturated rings. The molecule has 110 valence electrons. The van der Waals surface area contributed by atoms with Crippen LogP contribution in [0.3, 0.4) is 0 Å². The standard InChI is InChI=1S/C15H22N2O3/c1-9(18)16-10-5-6-12(20-4)11(7-10)17-13-8-14(19)15(13,2)3/h5-7,13-14,17,19H,8H2,1-4H3,(H,16,18). The summed E-state index contributed by atoms with van der Waals surface area (Å²) in [6.07, 6.45) is 0.421. The van der Waals surface area contributed by atoms with E-state index in [0.29, 0.717) is 6.42 Å². The fourth-order valence-electron chi connectivity index (χ4n) is 2.44. The zero-order chi connectivity index (χ0) is 14.9. The van der Waals surface area contributed by atoms with Gasteiger partial charge in [0.05, 0.1) is 18.9 Å². The highest BCUT2D eigenvalue weighted by atomic mass is 16.5. The first-order chi connectivity index (χ1) is 9.34. The van der Waals surface area contributed by atoms with E-state index in [9.17, 15) is 9.90 Å². The predicted molar refractivity (Wildman–Crippen MR) is 79.1 cm³/mol. The van der Waals surface area contributed by atoms with Gasteiger partial charge in [-0.3, -0.25) is 4.79 Å². The number of hydrogen-bond acceptors (Lipinski definition) is 4. The normalized spacial score (nSPS) is 23.6. The lowest BCUT2D eigenvalue weighted by Gasteiger charge is -2.50. The van der Waals surface area contributed by atoms with E-state index in [2.05, 4.69) is 10.6 Å². The summed E-state index contributed by atoms with van der Waals surface area (Å²) in [6.45, 7) is 5.54. The Balaban J connectivity index is 2.19. The van der Waals surface area contributed by atoms with E-state index in [4.69, 9.17) is 4.74 Å². The number of aliphatic hydroxyl groups is 1. The molecule has 5 nitrogen and oxygen atoms in total.